The van der Waals surface area contributed by atoms with Gasteiger partial charge in [-0.2, -0.15) is 0 Å². The van der Waals surface area contributed by atoms with Crippen molar-refractivity contribution in [2.45, 2.75) is 18.6 Å². The molecule has 0 aromatic heterocycles. The van der Waals surface area contributed by atoms with Crippen LogP contribution in [0, 0.1) is 0 Å². The van der Waals surface area contributed by atoms with Crippen LogP contribution in [0.15, 0.2) is 66.7 Å². The summed E-state index contributed by atoms with van der Waals surface area (Å²) in [5.41, 5.74) is 7.53. The fourth-order valence-corrected chi connectivity index (χ4v) is 3.54. The van der Waals surface area contributed by atoms with Crippen molar-refractivity contribution >= 4 is 11.7 Å². The number of phenolic OH excluding ortho intramolecular Hbond substituents is 1. The molecule has 9 nitrogen and oxygen atoms in total. The standard InChI is InChI=1S/C26H31N3O6/c1-34-25-5-3-2-4-20(25)24(32)16-35-19-9-6-17(7-10-19)12-13-28-15-23(31)18-8-11-22(30)21(14-18)29-26(27)33/h2-11,14,23-24,28,30-32H,12-13,15-16H2,1H3,(H3,27,29,33). The number of amides is 2. The Morgan fingerprint density at radius 2 is 1.77 bits per heavy atom. The van der Waals surface area contributed by atoms with E-state index in [1.807, 2.05) is 36.4 Å². The van der Waals surface area contributed by atoms with Crippen LogP contribution >= 0.6 is 0 Å². The molecule has 0 aliphatic rings. The summed E-state index contributed by atoms with van der Waals surface area (Å²) in [6, 6.07) is 18.5. The maximum absolute atomic E-state index is 11.0. The van der Waals surface area contributed by atoms with Crippen molar-refractivity contribution in [3.8, 4) is 17.2 Å². The molecule has 0 aliphatic heterocycles. The van der Waals surface area contributed by atoms with Crippen molar-refractivity contribution in [1.29, 1.82) is 0 Å². The summed E-state index contributed by atoms with van der Waals surface area (Å²) in [6.45, 7) is 1.03. The fourth-order valence-electron chi connectivity index (χ4n) is 3.54. The summed E-state index contributed by atoms with van der Waals surface area (Å²) >= 11 is 0. The second kappa shape index (κ2) is 12.6. The molecular weight excluding hydrogens is 450 g/mol. The van der Waals surface area contributed by atoms with Gasteiger partial charge in [0.25, 0.3) is 0 Å². The molecule has 7 N–H and O–H groups in total. The van der Waals surface area contributed by atoms with E-state index in [4.69, 9.17) is 15.2 Å². The number of nitrogens with two attached hydrogens (primary N) is 1. The molecule has 0 radical (unpaired) electrons. The van der Waals surface area contributed by atoms with Gasteiger partial charge in [-0.05, 0) is 54.4 Å². The Kier molecular flexibility index (Phi) is 9.31. The van der Waals surface area contributed by atoms with Gasteiger partial charge in [0.1, 0.15) is 30.0 Å². The number of carbonyl (C=O) groups is 1. The number of para-hydroxylation sites is 1. The van der Waals surface area contributed by atoms with E-state index in [1.54, 1.807) is 25.3 Å². The normalized spacial score (nSPS) is 12.5. The molecule has 9 heteroatoms. The maximum atomic E-state index is 11.0. The average molecular weight is 482 g/mol. The van der Waals surface area contributed by atoms with Crippen molar-refractivity contribution in [2.24, 2.45) is 5.73 Å². The number of aromatic hydroxyl groups is 1. The lowest BCUT2D eigenvalue weighted by Gasteiger charge is -2.16. The van der Waals surface area contributed by atoms with Gasteiger partial charge in [0, 0.05) is 12.1 Å². The Hall–Kier alpha value is -3.79. The summed E-state index contributed by atoms with van der Waals surface area (Å²) in [7, 11) is 1.56. The van der Waals surface area contributed by atoms with Crippen molar-refractivity contribution in [3.63, 3.8) is 0 Å². The van der Waals surface area contributed by atoms with Gasteiger partial charge in [0.2, 0.25) is 0 Å². The SMILES string of the molecule is COc1ccccc1C(O)COc1ccc(CCNCC(O)c2ccc(O)c(NC(N)=O)c2)cc1. The number of aliphatic hydroxyl groups excluding tert-OH is 2. The second-order valence-corrected chi connectivity index (χ2v) is 7.95. The third-order valence-electron chi connectivity index (χ3n) is 5.42. The molecule has 0 bridgehead atoms. The summed E-state index contributed by atoms with van der Waals surface area (Å²) in [5, 5.41) is 36.1. The second-order valence-electron chi connectivity index (χ2n) is 7.95. The molecule has 186 valence electrons. The van der Waals surface area contributed by atoms with Crippen LogP contribution in [-0.4, -0.2) is 48.2 Å². The lowest BCUT2D eigenvalue weighted by atomic mass is 10.1. The zero-order chi connectivity index (χ0) is 25.2. The topological polar surface area (TPSA) is 146 Å². The maximum Gasteiger partial charge on any atom is 0.316 e. The molecule has 0 heterocycles. The predicted octanol–water partition coefficient (Wildman–Crippen LogP) is 2.87. The average Bonchev–Trinajstić information content (AvgIpc) is 2.86. The molecule has 0 spiro atoms. The number of hydrogen-bond donors (Lipinski definition) is 6. The van der Waals surface area contributed by atoms with Crippen LogP contribution in [0.5, 0.6) is 17.2 Å². The monoisotopic (exact) mass is 481 g/mol. The number of nitrogens with one attached hydrogen (secondary N) is 2. The summed E-state index contributed by atoms with van der Waals surface area (Å²) in [6.07, 6.45) is -0.895. The molecule has 2 amide bonds. The molecule has 3 aromatic rings. The number of hydrogen-bond acceptors (Lipinski definition) is 7. The van der Waals surface area contributed by atoms with Gasteiger partial charge in [-0.1, -0.05) is 36.4 Å². The quantitative estimate of drug-likeness (QED) is 0.172. The summed E-state index contributed by atoms with van der Waals surface area (Å²) in [4.78, 5) is 11.0. The molecule has 3 aromatic carbocycles. The first-order valence-corrected chi connectivity index (χ1v) is 11.2. The number of benzene rings is 3. The first-order chi connectivity index (χ1) is 16.9. The molecule has 0 aliphatic carbocycles. The van der Waals surface area contributed by atoms with Gasteiger partial charge in [0.15, 0.2) is 0 Å². The molecule has 2 atom stereocenters. The summed E-state index contributed by atoms with van der Waals surface area (Å²) < 4.78 is 11.0. The van der Waals surface area contributed by atoms with E-state index in [9.17, 15) is 20.1 Å². The van der Waals surface area contributed by atoms with E-state index in [-0.39, 0.29) is 18.0 Å². The van der Waals surface area contributed by atoms with Gasteiger partial charge in [-0.25, -0.2) is 4.79 Å². The van der Waals surface area contributed by atoms with Crippen LogP contribution in [-0.2, 0) is 6.42 Å². The smallest absolute Gasteiger partial charge is 0.316 e. The number of phenols is 1. The molecule has 0 saturated carbocycles. The molecule has 3 rings (SSSR count). The highest BCUT2D eigenvalue weighted by atomic mass is 16.5. The highest BCUT2D eigenvalue weighted by Crippen LogP contribution is 2.27. The van der Waals surface area contributed by atoms with Crippen molar-refractivity contribution in [3.05, 3.63) is 83.4 Å². The van der Waals surface area contributed by atoms with Crippen LogP contribution < -0.4 is 25.8 Å². The minimum Gasteiger partial charge on any atom is -0.506 e. The van der Waals surface area contributed by atoms with E-state index in [1.165, 1.54) is 12.1 Å². The number of anilines is 1. The number of methoxy groups -OCH3 is 1. The third kappa shape index (κ3) is 7.61. The van der Waals surface area contributed by atoms with Gasteiger partial charge < -0.3 is 41.2 Å². The summed E-state index contributed by atoms with van der Waals surface area (Å²) in [5.74, 6) is 1.14. The zero-order valence-corrected chi connectivity index (χ0v) is 19.5. The van der Waals surface area contributed by atoms with E-state index in [0.717, 1.165) is 12.0 Å². The Labute approximate surface area is 204 Å². The van der Waals surface area contributed by atoms with E-state index >= 15 is 0 Å². The number of primary amides is 1. The molecule has 35 heavy (non-hydrogen) atoms. The van der Waals surface area contributed by atoms with Crippen molar-refractivity contribution in [2.75, 3.05) is 32.1 Å². The number of aliphatic hydroxyl groups is 2. The highest BCUT2D eigenvalue weighted by molar-refractivity contribution is 5.89. The van der Waals surface area contributed by atoms with E-state index in [0.29, 0.717) is 35.7 Å². The van der Waals surface area contributed by atoms with E-state index < -0.39 is 18.2 Å². The van der Waals surface area contributed by atoms with Crippen molar-refractivity contribution < 1.29 is 29.6 Å². The van der Waals surface area contributed by atoms with E-state index in [2.05, 4.69) is 10.6 Å². The predicted molar refractivity (Wildman–Crippen MR) is 133 cm³/mol. The van der Waals surface area contributed by atoms with Gasteiger partial charge in [-0.3, -0.25) is 0 Å². The van der Waals surface area contributed by atoms with Crippen LogP contribution in [0.4, 0.5) is 10.5 Å². The Morgan fingerprint density at radius 1 is 1.03 bits per heavy atom. The first kappa shape index (κ1) is 25.8. The van der Waals surface area contributed by atoms with Crippen LogP contribution in [0.3, 0.4) is 0 Å². The van der Waals surface area contributed by atoms with Crippen molar-refractivity contribution in [1.82, 2.24) is 5.32 Å². The minimum atomic E-state index is -0.825. The Bertz CT molecular complexity index is 1110. The number of ether oxygens (including phenoxy) is 2. The third-order valence-corrected chi connectivity index (χ3v) is 5.42. The van der Waals surface area contributed by atoms with Gasteiger partial charge in [-0.15, -0.1) is 0 Å². The first-order valence-electron chi connectivity index (χ1n) is 11.2. The van der Waals surface area contributed by atoms with Crippen LogP contribution in [0.2, 0.25) is 0 Å². The minimum absolute atomic E-state index is 0.104. The van der Waals surface area contributed by atoms with Crippen LogP contribution in [0.1, 0.15) is 28.9 Å². The molecule has 2 unspecified atom stereocenters. The highest BCUT2D eigenvalue weighted by Gasteiger charge is 2.14. The number of urea groups is 1. The lowest BCUT2D eigenvalue weighted by molar-refractivity contribution is 0.105. The fraction of sp³-hybridized carbons (Fsp3) is 0.269. The Balaban J connectivity index is 1.42. The number of carbonyl (C=O) groups excluding carboxylic acids is 1. The molecule has 0 saturated heterocycles. The van der Waals surface area contributed by atoms with Gasteiger partial charge >= 0.3 is 6.03 Å². The number of rotatable bonds is 12. The molecule has 0 fully saturated rings. The lowest BCUT2D eigenvalue weighted by Crippen LogP contribution is -2.24. The van der Waals surface area contributed by atoms with Gasteiger partial charge in [0.05, 0.1) is 18.9 Å². The Morgan fingerprint density at radius 3 is 2.49 bits per heavy atom. The largest absolute Gasteiger partial charge is 0.506 e. The van der Waals surface area contributed by atoms with Crippen LogP contribution in [0.25, 0.3) is 0 Å². The molecular formula is C26H31N3O6. The zero-order valence-electron chi connectivity index (χ0n) is 19.5.